The fourth-order valence-corrected chi connectivity index (χ4v) is 3.19. The summed E-state index contributed by atoms with van der Waals surface area (Å²) in [6.07, 6.45) is 0.528. The lowest BCUT2D eigenvalue weighted by Crippen LogP contribution is -2.43. The molecule has 28 heavy (non-hydrogen) atoms. The first kappa shape index (κ1) is 19.7. The number of likely N-dealkylation sites (tertiary alicyclic amines) is 1. The molecule has 1 N–H and O–H groups in total. The molecule has 1 fully saturated rings. The molecular formula is C20H24N2O6. The maximum Gasteiger partial charge on any atom is 0.411 e. The number of aliphatic carboxylic acids is 1. The Bertz CT molecular complexity index is 892. The van der Waals surface area contributed by atoms with Crippen LogP contribution in [0.1, 0.15) is 27.2 Å². The molecule has 1 aromatic carbocycles. The molecule has 8 heteroatoms. The number of carbonyl (C=O) groups excluding carboxylic acids is 1. The summed E-state index contributed by atoms with van der Waals surface area (Å²) in [4.78, 5) is 29.6. The number of fused-ring (bicyclic) bond motifs is 1. The van der Waals surface area contributed by atoms with Gasteiger partial charge in [-0.3, -0.25) is 4.90 Å². The molecule has 1 aliphatic rings. The third kappa shape index (κ3) is 4.11. The van der Waals surface area contributed by atoms with E-state index in [0.29, 0.717) is 11.6 Å². The van der Waals surface area contributed by atoms with Crippen molar-refractivity contribution in [3.05, 3.63) is 30.5 Å². The Morgan fingerprint density at radius 2 is 1.89 bits per heavy atom. The third-order valence-corrected chi connectivity index (χ3v) is 4.40. The quantitative estimate of drug-likeness (QED) is 0.859. The highest BCUT2D eigenvalue weighted by Gasteiger charge is 2.43. The Hall–Kier alpha value is -3.03. The molecule has 0 bridgehead atoms. The number of carbonyl (C=O) groups is 2. The highest BCUT2D eigenvalue weighted by atomic mass is 16.6. The third-order valence-electron chi connectivity index (χ3n) is 4.40. The van der Waals surface area contributed by atoms with Gasteiger partial charge in [-0.1, -0.05) is 18.2 Å². The van der Waals surface area contributed by atoms with E-state index in [1.807, 2.05) is 24.3 Å². The van der Waals surface area contributed by atoms with Gasteiger partial charge >= 0.3 is 12.1 Å². The number of amides is 1. The standard InChI is InChI=1S/C20H24N2O6/c1-20(2,3)28-19(25)22-11-12(9-15(22)18(23)24)27-17-14-8-6-5-7-13(14)16(26-4)10-21-17/h5-8,10,12,15H,9,11H2,1-4H3,(H,23,24)/t12-,15+/m1/s1. The average molecular weight is 388 g/mol. The summed E-state index contributed by atoms with van der Waals surface area (Å²) >= 11 is 0. The van der Waals surface area contributed by atoms with Crippen molar-refractivity contribution in [1.29, 1.82) is 0 Å². The van der Waals surface area contributed by atoms with Gasteiger partial charge in [-0.25, -0.2) is 14.6 Å². The number of rotatable bonds is 4. The molecule has 1 saturated heterocycles. The van der Waals surface area contributed by atoms with Gasteiger partial charge in [-0.05, 0) is 26.8 Å². The summed E-state index contributed by atoms with van der Waals surface area (Å²) in [5.74, 6) is -0.103. The van der Waals surface area contributed by atoms with E-state index in [4.69, 9.17) is 14.2 Å². The molecule has 0 saturated carbocycles. The second kappa shape index (κ2) is 7.53. The first-order valence-corrected chi connectivity index (χ1v) is 9.00. The highest BCUT2D eigenvalue weighted by molar-refractivity contribution is 5.91. The predicted octanol–water partition coefficient (Wildman–Crippen LogP) is 3.08. The van der Waals surface area contributed by atoms with Crippen LogP contribution in [-0.2, 0) is 9.53 Å². The molecule has 8 nitrogen and oxygen atoms in total. The van der Waals surface area contributed by atoms with Crippen molar-refractivity contribution in [1.82, 2.24) is 9.88 Å². The molecule has 2 heterocycles. The fourth-order valence-electron chi connectivity index (χ4n) is 3.19. The average Bonchev–Trinajstić information content (AvgIpc) is 3.05. The summed E-state index contributed by atoms with van der Waals surface area (Å²) in [6, 6.07) is 6.48. The Labute approximate surface area is 163 Å². The summed E-state index contributed by atoms with van der Waals surface area (Å²) in [6.45, 7) is 5.31. The van der Waals surface area contributed by atoms with Crippen LogP contribution in [0.25, 0.3) is 10.8 Å². The minimum atomic E-state index is -1.09. The normalized spacial score (nSPS) is 19.5. The zero-order chi connectivity index (χ0) is 20.5. The maximum atomic E-state index is 12.4. The molecule has 0 spiro atoms. The number of carboxylic acids is 1. The minimum absolute atomic E-state index is 0.105. The van der Waals surface area contributed by atoms with E-state index in [9.17, 15) is 14.7 Å². The molecule has 2 atom stereocenters. The van der Waals surface area contributed by atoms with Crippen LogP contribution in [-0.4, -0.2) is 58.5 Å². The number of benzene rings is 1. The largest absolute Gasteiger partial charge is 0.494 e. The van der Waals surface area contributed by atoms with Gasteiger partial charge in [0.15, 0.2) is 0 Å². The van der Waals surface area contributed by atoms with Crippen molar-refractivity contribution in [3.8, 4) is 11.6 Å². The lowest BCUT2D eigenvalue weighted by molar-refractivity contribution is -0.142. The molecule has 1 aromatic heterocycles. The molecule has 1 aliphatic heterocycles. The van der Waals surface area contributed by atoms with Crippen LogP contribution in [0, 0.1) is 0 Å². The molecule has 150 valence electrons. The number of hydrogen-bond acceptors (Lipinski definition) is 6. The van der Waals surface area contributed by atoms with Crippen molar-refractivity contribution in [2.24, 2.45) is 0 Å². The minimum Gasteiger partial charge on any atom is -0.494 e. The van der Waals surface area contributed by atoms with Crippen LogP contribution in [0.3, 0.4) is 0 Å². The summed E-state index contributed by atoms with van der Waals surface area (Å²) in [5.41, 5.74) is -0.715. The Balaban J connectivity index is 1.83. The van der Waals surface area contributed by atoms with Crippen LogP contribution in [0.2, 0.25) is 0 Å². The van der Waals surface area contributed by atoms with Crippen LogP contribution in [0.4, 0.5) is 4.79 Å². The number of carboxylic acid groups (broad SMARTS) is 1. The van der Waals surface area contributed by atoms with Gasteiger partial charge in [0.2, 0.25) is 5.88 Å². The zero-order valence-electron chi connectivity index (χ0n) is 16.3. The smallest absolute Gasteiger partial charge is 0.411 e. The number of aromatic nitrogens is 1. The molecule has 1 amide bonds. The van der Waals surface area contributed by atoms with Gasteiger partial charge in [0.05, 0.1) is 19.9 Å². The Morgan fingerprint density at radius 3 is 2.50 bits per heavy atom. The van der Waals surface area contributed by atoms with E-state index < -0.39 is 29.8 Å². The summed E-state index contributed by atoms with van der Waals surface area (Å²) in [7, 11) is 1.57. The molecule has 3 rings (SSSR count). The van der Waals surface area contributed by atoms with Gasteiger partial charge in [0.25, 0.3) is 0 Å². The Morgan fingerprint density at radius 1 is 1.21 bits per heavy atom. The van der Waals surface area contributed by atoms with Crippen LogP contribution in [0.5, 0.6) is 11.6 Å². The van der Waals surface area contributed by atoms with Crippen molar-refractivity contribution in [2.75, 3.05) is 13.7 Å². The summed E-state index contributed by atoms with van der Waals surface area (Å²) < 4.78 is 16.7. The second-order valence-electron chi connectivity index (χ2n) is 7.64. The van der Waals surface area contributed by atoms with Gasteiger partial charge in [0.1, 0.15) is 23.5 Å². The van der Waals surface area contributed by atoms with E-state index in [-0.39, 0.29) is 13.0 Å². The van der Waals surface area contributed by atoms with Crippen molar-refractivity contribution >= 4 is 22.8 Å². The Kier molecular flexibility index (Phi) is 5.31. The zero-order valence-corrected chi connectivity index (χ0v) is 16.3. The first-order chi connectivity index (χ1) is 13.2. The number of methoxy groups -OCH3 is 1. The van der Waals surface area contributed by atoms with Crippen molar-refractivity contribution < 1.29 is 28.9 Å². The van der Waals surface area contributed by atoms with Crippen molar-refractivity contribution in [3.63, 3.8) is 0 Å². The molecular weight excluding hydrogens is 364 g/mol. The van der Waals surface area contributed by atoms with Crippen LogP contribution in [0.15, 0.2) is 30.5 Å². The van der Waals surface area contributed by atoms with Gasteiger partial charge in [-0.2, -0.15) is 0 Å². The first-order valence-electron chi connectivity index (χ1n) is 9.00. The van der Waals surface area contributed by atoms with Crippen LogP contribution >= 0.6 is 0 Å². The van der Waals surface area contributed by atoms with E-state index in [1.165, 1.54) is 4.90 Å². The molecule has 0 aliphatic carbocycles. The van der Waals surface area contributed by atoms with E-state index in [0.717, 1.165) is 10.8 Å². The maximum absolute atomic E-state index is 12.4. The number of ether oxygens (including phenoxy) is 3. The lowest BCUT2D eigenvalue weighted by Gasteiger charge is -2.26. The monoisotopic (exact) mass is 388 g/mol. The fraction of sp³-hybridized carbons (Fsp3) is 0.450. The SMILES string of the molecule is COc1cnc(O[C@@H]2C[C@@H](C(=O)O)N(C(=O)OC(C)(C)C)C2)c2ccccc12. The topological polar surface area (TPSA) is 98.2 Å². The van der Waals surface area contributed by atoms with Gasteiger partial charge < -0.3 is 19.3 Å². The van der Waals surface area contributed by atoms with E-state index in [1.54, 1.807) is 34.1 Å². The molecule has 2 aromatic rings. The van der Waals surface area contributed by atoms with Gasteiger partial charge in [-0.15, -0.1) is 0 Å². The predicted molar refractivity (Wildman–Crippen MR) is 102 cm³/mol. The van der Waals surface area contributed by atoms with E-state index >= 15 is 0 Å². The number of hydrogen-bond donors (Lipinski definition) is 1. The summed E-state index contributed by atoms with van der Waals surface area (Å²) in [5, 5.41) is 11.1. The van der Waals surface area contributed by atoms with Gasteiger partial charge in [0, 0.05) is 17.2 Å². The lowest BCUT2D eigenvalue weighted by atomic mass is 10.1. The second-order valence-corrected chi connectivity index (χ2v) is 7.64. The van der Waals surface area contributed by atoms with E-state index in [2.05, 4.69) is 4.98 Å². The highest BCUT2D eigenvalue weighted by Crippen LogP contribution is 2.33. The number of pyridine rings is 1. The van der Waals surface area contributed by atoms with Crippen LogP contribution < -0.4 is 9.47 Å². The number of nitrogens with zero attached hydrogens (tertiary/aromatic N) is 2. The molecule has 0 radical (unpaired) electrons. The molecule has 0 unspecified atom stereocenters. The van der Waals surface area contributed by atoms with Crippen molar-refractivity contribution in [2.45, 2.75) is 44.9 Å².